The van der Waals surface area contributed by atoms with Crippen LogP contribution in [0.4, 0.5) is 5.82 Å². The van der Waals surface area contributed by atoms with Crippen molar-refractivity contribution in [2.45, 2.75) is 12.6 Å². The van der Waals surface area contributed by atoms with Gasteiger partial charge < -0.3 is 15.4 Å². The normalized spacial score (nSPS) is 12.0. The number of nitrogens with two attached hydrogens (primary N) is 1. The number of nitrogens with one attached hydrogen (secondary N) is 2. The zero-order valence-corrected chi connectivity index (χ0v) is 23.3. The lowest BCUT2D eigenvalue weighted by Gasteiger charge is -2.15. The van der Waals surface area contributed by atoms with Crippen LogP contribution in [0.1, 0.15) is 15.9 Å². The van der Waals surface area contributed by atoms with Gasteiger partial charge in [-0.3, -0.25) is 9.78 Å². The predicted octanol–water partition coefficient (Wildman–Crippen LogP) is 2.63. The largest absolute Gasteiger partial charge is 0.467 e. The van der Waals surface area contributed by atoms with Gasteiger partial charge in [-0.15, -0.1) is 5.10 Å². The molecule has 0 saturated heterocycles. The lowest BCUT2D eigenvalue weighted by atomic mass is 10.1. The summed E-state index contributed by atoms with van der Waals surface area (Å²) in [6.07, 6.45) is 4.61. The number of carbonyl (C=O) groups is 2. The molecule has 0 radical (unpaired) electrons. The van der Waals surface area contributed by atoms with E-state index in [0.717, 1.165) is 29.3 Å². The SMILES string of the molecule is COC(=O)C(CS(N)(=O)=O)NC(=O)c1cncc(-c2nc(NCc3ccccc3)c3c(-c4ccccc4)ccn3n2)c1. The summed E-state index contributed by atoms with van der Waals surface area (Å²) >= 11 is 0. The molecule has 0 saturated carbocycles. The summed E-state index contributed by atoms with van der Waals surface area (Å²) in [6.45, 7) is 0.506. The third-order valence-corrected chi connectivity index (χ3v) is 7.15. The number of hydrogen-bond donors (Lipinski definition) is 3. The van der Waals surface area contributed by atoms with E-state index in [9.17, 15) is 18.0 Å². The number of aromatic nitrogens is 4. The first-order valence-electron chi connectivity index (χ1n) is 12.8. The number of hydrogen-bond acceptors (Lipinski definition) is 9. The van der Waals surface area contributed by atoms with Crippen molar-refractivity contribution in [1.82, 2.24) is 24.9 Å². The van der Waals surface area contributed by atoms with E-state index in [4.69, 9.17) is 10.1 Å². The quantitative estimate of drug-likeness (QED) is 0.208. The van der Waals surface area contributed by atoms with Gasteiger partial charge in [0.15, 0.2) is 11.6 Å². The maximum absolute atomic E-state index is 13.0. The van der Waals surface area contributed by atoms with Gasteiger partial charge in [0.2, 0.25) is 10.0 Å². The molecule has 5 rings (SSSR count). The molecule has 0 aliphatic rings. The van der Waals surface area contributed by atoms with Gasteiger partial charge in [-0.25, -0.2) is 27.9 Å². The Hall–Kier alpha value is -5.14. The number of anilines is 1. The highest BCUT2D eigenvalue weighted by molar-refractivity contribution is 7.89. The highest BCUT2D eigenvalue weighted by Crippen LogP contribution is 2.31. The molecule has 1 unspecified atom stereocenters. The van der Waals surface area contributed by atoms with Gasteiger partial charge in [-0.1, -0.05) is 60.7 Å². The van der Waals surface area contributed by atoms with Crippen LogP contribution < -0.4 is 15.8 Å². The van der Waals surface area contributed by atoms with E-state index in [-0.39, 0.29) is 11.4 Å². The van der Waals surface area contributed by atoms with Crippen LogP contribution in [0, 0.1) is 0 Å². The fourth-order valence-corrected chi connectivity index (χ4v) is 5.06. The van der Waals surface area contributed by atoms with E-state index in [0.29, 0.717) is 17.9 Å². The molecular weight excluding hydrogens is 558 g/mol. The van der Waals surface area contributed by atoms with Crippen molar-refractivity contribution in [2.24, 2.45) is 5.14 Å². The fraction of sp³-hybridized carbons (Fsp3) is 0.138. The first-order chi connectivity index (χ1) is 20.2. The predicted molar refractivity (Wildman–Crippen MR) is 157 cm³/mol. The second-order valence-corrected chi connectivity index (χ2v) is 11.0. The van der Waals surface area contributed by atoms with Gasteiger partial charge in [-0.2, -0.15) is 0 Å². The van der Waals surface area contributed by atoms with Crippen LogP contribution in [0.25, 0.3) is 28.0 Å². The Morgan fingerprint density at radius 1 is 1.00 bits per heavy atom. The second kappa shape index (κ2) is 12.2. The van der Waals surface area contributed by atoms with Crippen LogP contribution in [0.5, 0.6) is 0 Å². The Balaban J connectivity index is 1.51. The third-order valence-electron chi connectivity index (χ3n) is 6.35. The van der Waals surface area contributed by atoms with Crippen molar-refractivity contribution in [3.05, 3.63) is 103 Å². The summed E-state index contributed by atoms with van der Waals surface area (Å²) in [4.78, 5) is 34.0. The fourth-order valence-electron chi connectivity index (χ4n) is 4.37. The summed E-state index contributed by atoms with van der Waals surface area (Å²) in [6, 6.07) is 21.7. The topological polar surface area (TPSA) is 171 Å². The first kappa shape index (κ1) is 28.4. The van der Waals surface area contributed by atoms with Gasteiger partial charge in [0.1, 0.15) is 11.6 Å². The van der Waals surface area contributed by atoms with E-state index < -0.39 is 33.7 Å². The molecule has 13 heteroatoms. The molecule has 2 aromatic carbocycles. The Morgan fingerprint density at radius 2 is 1.71 bits per heavy atom. The minimum absolute atomic E-state index is 0.0517. The van der Waals surface area contributed by atoms with E-state index in [1.54, 1.807) is 4.52 Å². The summed E-state index contributed by atoms with van der Waals surface area (Å²) in [5.41, 5.74) is 4.24. The van der Waals surface area contributed by atoms with Gasteiger partial charge in [0.25, 0.3) is 5.91 Å². The number of nitrogens with zero attached hydrogens (tertiary/aromatic N) is 4. The Kier molecular flexibility index (Phi) is 8.22. The molecule has 0 aliphatic carbocycles. The van der Waals surface area contributed by atoms with Crippen LogP contribution in [-0.4, -0.2) is 58.8 Å². The standard InChI is InChI=1S/C29H27N7O5S/c1-41-29(38)24(18-42(30,39)40)33-28(37)22-14-21(16-31-17-22)26-34-27(32-15-19-8-4-2-5-9-19)25-23(12-13-36(25)35-26)20-10-6-3-7-11-20/h2-14,16-17,24H,15,18H2,1H3,(H,33,37)(H2,30,39,40)(H,32,34,35). The Bertz CT molecular complexity index is 1840. The molecule has 1 amide bonds. The lowest BCUT2D eigenvalue weighted by molar-refractivity contribution is -0.142. The summed E-state index contributed by atoms with van der Waals surface area (Å²) in [5.74, 6) is -1.68. The maximum atomic E-state index is 13.0. The number of fused-ring (bicyclic) bond motifs is 1. The molecule has 12 nitrogen and oxygen atoms in total. The number of carbonyl (C=O) groups excluding carboxylic acids is 2. The minimum atomic E-state index is -4.09. The lowest BCUT2D eigenvalue weighted by Crippen LogP contribution is -2.47. The Morgan fingerprint density at radius 3 is 2.40 bits per heavy atom. The average molecular weight is 586 g/mol. The van der Waals surface area contributed by atoms with Crippen molar-refractivity contribution in [1.29, 1.82) is 0 Å². The van der Waals surface area contributed by atoms with E-state index >= 15 is 0 Å². The van der Waals surface area contributed by atoms with Crippen molar-refractivity contribution >= 4 is 33.2 Å². The van der Waals surface area contributed by atoms with Crippen LogP contribution in [0.2, 0.25) is 0 Å². The van der Waals surface area contributed by atoms with Crippen LogP contribution in [-0.2, 0) is 26.1 Å². The zero-order valence-electron chi connectivity index (χ0n) is 22.5. The molecule has 4 N–H and O–H groups in total. The average Bonchev–Trinajstić information content (AvgIpc) is 3.44. The smallest absolute Gasteiger partial charge is 0.329 e. The summed E-state index contributed by atoms with van der Waals surface area (Å²) in [5, 5.41) is 15.5. The molecule has 0 spiro atoms. The molecule has 0 aliphatic heterocycles. The number of esters is 1. The van der Waals surface area contributed by atoms with Crippen molar-refractivity contribution < 1.29 is 22.7 Å². The van der Waals surface area contributed by atoms with Crippen molar-refractivity contribution in [3.63, 3.8) is 0 Å². The number of primary sulfonamides is 1. The monoisotopic (exact) mass is 585 g/mol. The van der Waals surface area contributed by atoms with Gasteiger partial charge in [-0.05, 0) is 23.3 Å². The number of rotatable bonds is 10. The maximum Gasteiger partial charge on any atom is 0.329 e. The van der Waals surface area contributed by atoms with Gasteiger partial charge in [0.05, 0.1) is 18.4 Å². The van der Waals surface area contributed by atoms with E-state index in [2.05, 4.69) is 25.5 Å². The molecule has 1 atom stereocenters. The molecule has 42 heavy (non-hydrogen) atoms. The number of sulfonamides is 1. The minimum Gasteiger partial charge on any atom is -0.467 e. The summed E-state index contributed by atoms with van der Waals surface area (Å²) < 4.78 is 29.5. The second-order valence-electron chi connectivity index (χ2n) is 9.35. The van der Waals surface area contributed by atoms with Gasteiger partial charge in [0, 0.05) is 36.3 Å². The van der Waals surface area contributed by atoms with Crippen molar-refractivity contribution in [2.75, 3.05) is 18.2 Å². The molecular formula is C29H27N7O5S. The first-order valence-corrected chi connectivity index (χ1v) is 14.5. The van der Waals surface area contributed by atoms with Crippen molar-refractivity contribution in [3.8, 4) is 22.5 Å². The summed E-state index contributed by atoms with van der Waals surface area (Å²) in [7, 11) is -3.01. The molecule has 3 aromatic heterocycles. The third kappa shape index (κ3) is 6.59. The van der Waals surface area contributed by atoms with Crippen LogP contribution in [0.15, 0.2) is 91.4 Å². The number of pyridine rings is 1. The molecule has 5 aromatic rings. The van der Waals surface area contributed by atoms with Crippen LogP contribution >= 0.6 is 0 Å². The molecule has 0 bridgehead atoms. The number of benzene rings is 2. The van der Waals surface area contributed by atoms with E-state index in [1.807, 2.05) is 72.9 Å². The number of ether oxygens (including phenoxy) is 1. The Labute approximate surface area is 241 Å². The number of amides is 1. The number of methoxy groups -OCH3 is 1. The highest BCUT2D eigenvalue weighted by atomic mass is 32.2. The van der Waals surface area contributed by atoms with Gasteiger partial charge >= 0.3 is 5.97 Å². The molecule has 3 heterocycles. The molecule has 0 fully saturated rings. The van der Waals surface area contributed by atoms with E-state index in [1.165, 1.54) is 18.5 Å². The highest BCUT2D eigenvalue weighted by Gasteiger charge is 2.27. The zero-order chi connectivity index (χ0) is 29.7. The molecule has 214 valence electrons. The van der Waals surface area contributed by atoms with Crippen LogP contribution in [0.3, 0.4) is 0 Å².